The van der Waals surface area contributed by atoms with Crippen molar-refractivity contribution in [3.05, 3.63) is 216 Å². The third-order valence-electron chi connectivity index (χ3n) is 21.6. The topological polar surface area (TPSA) is 0 Å². The number of fused-ring (bicyclic) bond motifs is 9. The molecule has 500 valence electrons. The molecule has 0 aliphatic heterocycles. The molecule has 0 nitrogen and oxygen atoms in total. The Morgan fingerprint density at radius 2 is 0.528 bits per heavy atom. The van der Waals surface area contributed by atoms with Crippen LogP contribution in [0.25, 0.3) is 0 Å². The van der Waals surface area contributed by atoms with E-state index in [4.69, 9.17) is 51.1 Å². The number of rotatable bonds is 17. The summed E-state index contributed by atoms with van der Waals surface area (Å²) >= 11 is -2.48. The Kier molecular flexibility index (Phi) is 55.7. The van der Waals surface area contributed by atoms with Gasteiger partial charge in [0.25, 0.3) is 0 Å². The van der Waals surface area contributed by atoms with Gasteiger partial charge in [-0.2, -0.15) is 0 Å². The molecule has 0 radical (unpaired) electrons. The van der Waals surface area contributed by atoms with E-state index < -0.39 is 62.5 Å². The molecule has 89 heavy (non-hydrogen) atoms. The normalized spacial score (nSPS) is 34.4. The van der Waals surface area contributed by atoms with E-state index in [0.717, 1.165) is 124 Å². The molecule has 0 bridgehead atoms. The van der Waals surface area contributed by atoms with Gasteiger partial charge in [0.15, 0.2) is 0 Å². The number of unbranched alkanes of at least 4 members (excludes halogenated alkanes) is 1. The molecule has 0 spiro atoms. The van der Waals surface area contributed by atoms with Gasteiger partial charge >= 0.3 is 114 Å². The number of hydrogen-bond acceptors (Lipinski definition) is 0. The Morgan fingerprint density at radius 1 is 0.315 bits per heavy atom. The number of allylic oxidation sites excluding steroid dienone is 26. The van der Waals surface area contributed by atoms with Crippen molar-refractivity contribution in [1.29, 1.82) is 0 Å². The van der Waals surface area contributed by atoms with Gasteiger partial charge < -0.3 is 44.6 Å². The molecule has 0 N–H and O–H groups in total. The zero-order valence-corrected chi connectivity index (χ0v) is 66.1. The second-order valence-electron chi connectivity index (χ2n) is 25.7. The molecular formula is C80H126Cl6Zr3. The van der Waals surface area contributed by atoms with Gasteiger partial charge in [0, 0.05) is 0 Å². The van der Waals surface area contributed by atoms with Gasteiger partial charge in [-0.25, -0.2) is 0 Å². The van der Waals surface area contributed by atoms with E-state index in [2.05, 4.69) is 178 Å². The predicted octanol–water partition coefficient (Wildman–Crippen LogP) is 28.1. The molecule has 0 aromatic carbocycles. The Labute approximate surface area is 610 Å². The third-order valence-corrected chi connectivity index (χ3v) is 21.6. The Balaban J connectivity index is -0.00000111. The van der Waals surface area contributed by atoms with Gasteiger partial charge in [-0.15, -0.1) is 13.2 Å². The van der Waals surface area contributed by atoms with Crippen LogP contribution >= 0.6 is 51.1 Å². The quantitative estimate of drug-likeness (QED) is 0.101. The maximum absolute atomic E-state index is 4.93. The molecule has 6 saturated carbocycles. The molecule has 12 aliphatic carbocycles. The average molecular weight is 1570 g/mol. The first kappa shape index (κ1) is 93.9. The minimum absolute atomic E-state index is 0. The van der Waals surface area contributed by atoms with Crippen molar-refractivity contribution >= 4 is 51.1 Å². The van der Waals surface area contributed by atoms with Crippen molar-refractivity contribution in [3.8, 4) is 0 Å². The summed E-state index contributed by atoms with van der Waals surface area (Å²) in [7, 11) is 29.6. The molecule has 0 amide bonds. The first-order chi connectivity index (χ1) is 39.3. The van der Waals surface area contributed by atoms with Crippen LogP contribution in [0.1, 0.15) is 164 Å². The standard InChI is InChI=1S/C24H34.C24H32.C23H30.3CH4.6CH3.6ClH.3Zr/c2*1-2-3-8-18-13-14-19(17-18)15-16-24-22-11-6-4-9-20(22)21-10-5-7-12-23(21)24;1-2-7-17-12-13-18(16-17)14-15-23-21-10-5-3-8-19(21)20-9-4-6-11-22(20)23;;;;;;;;;;;;;;;;;;/h4-7,9-12,18-24H,2-3,8,13-17H2,1H3;2,4-7,9-12,18-24H,1,3,8,13-17H2;2-6,8-11,17-23H,1,7,12-16H2;3*1H4;6*1H3;6*1H;;;/q;;;;;;6*-1;;;;;;;3*+4/p-6. The Morgan fingerprint density at radius 3 is 0.764 bits per heavy atom. The zero-order chi connectivity index (χ0) is 56.5. The van der Waals surface area contributed by atoms with Gasteiger partial charge in [-0.3, -0.25) is 0 Å². The fraction of sp³-hybridized carbons (Fsp3) is 0.575. The van der Waals surface area contributed by atoms with Crippen LogP contribution in [0.5, 0.6) is 0 Å². The summed E-state index contributed by atoms with van der Waals surface area (Å²) in [5.41, 5.74) is 0. The van der Waals surface area contributed by atoms with Gasteiger partial charge in [0.1, 0.15) is 0 Å². The molecular weight excluding hydrogens is 1450 g/mol. The van der Waals surface area contributed by atoms with E-state index in [-0.39, 0.29) is 66.8 Å². The predicted molar refractivity (Wildman–Crippen MR) is 400 cm³/mol. The molecule has 0 saturated heterocycles. The van der Waals surface area contributed by atoms with Crippen LogP contribution in [-0.4, -0.2) is 0 Å². The van der Waals surface area contributed by atoms with Crippen molar-refractivity contribution < 1.29 is 62.5 Å². The molecule has 12 rings (SSSR count). The summed E-state index contributed by atoms with van der Waals surface area (Å²) in [4.78, 5) is 0. The van der Waals surface area contributed by atoms with Crippen molar-refractivity contribution in [2.75, 3.05) is 0 Å². The second-order valence-corrected chi connectivity index (χ2v) is 36.8. The fourth-order valence-corrected chi connectivity index (χ4v) is 18.1. The second kappa shape index (κ2) is 52.8. The van der Waals surface area contributed by atoms with Crippen LogP contribution in [0, 0.1) is 169 Å². The molecule has 12 aliphatic rings. The van der Waals surface area contributed by atoms with Gasteiger partial charge in [-0.05, 0) is 188 Å². The van der Waals surface area contributed by atoms with Crippen molar-refractivity contribution in [2.45, 2.75) is 164 Å². The molecule has 18 unspecified atom stereocenters. The van der Waals surface area contributed by atoms with Crippen molar-refractivity contribution in [2.24, 2.45) is 124 Å². The summed E-state index contributed by atoms with van der Waals surface area (Å²) in [6.45, 7) is 10.1. The Bertz CT molecular complexity index is 2110. The van der Waals surface area contributed by atoms with Crippen LogP contribution in [0.2, 0.25) is 0 Å². The van der Waals surface area contributed by atoms with Crippen LogP contribution in [0.3, 0.4) is 0 Å². The number of hydrogen-bond donors (Lipinski definition) is 0. The molecule has 9 heteroatoms. The fourth-order valence-electron chi connectivity index (χ4n) is 18.1. The van der Waals surface area contributed by atoms with Gasteiger partial charge in [0.05, 0.1) is 0 Å². The van der Waals surface area contributed by atoms with Crippen LogP contribution in [0.4, 0.5) is 0 Å². The summed E-state index contributed by atoms with van der Waals surface area (Å²) in [6, 6.07) is 0. The van der Waals surface area contributed by atoms with Gasteiger partial charge in [-0.1, -0.05) is 258 Å². The first-order valence-corrected chi connectivity index (χ1v) is 50.5. The monoisotopic (exact) mass is 1570 g/mol. The van der Waals surface area contributed by atoms with E-state index >= 15 is 0 Å². The van der Waals surface area contributed by atoms with Crippen LogP contribution in [0.15, 0.2) is 171 Å². The van der Waals surface area contributed by atoms with Crippen LogP contribution in [-0.2, 0) is 62.5 Å². The van der Waals surface area contributed by atoms with E-state index in [1.807, 2.05) is 0 Å². The first-order valence-electron chi connectivity index (χ1n) is 31.5. The summed E-state index contributed by atoms with van der Waals surface area (Å²) in [6.07, 6.45) is 91.7. The summed E-state index contributed by atoms with van der Waals surface area (Å²) in [5.74, 6) is 17.7. The summed E-state index contributed by atoms with van der Waals surface area (Å²) in [5, 5.41) is 0. The van der Waals surface area contributed by atoms with Gasteiger partial charge in [0.2, 0.25) is 0 Å². The average Bonchev–Trinajstić information content (AvgIpc) is 1.90. The van der Waals surface area contributed by atoms with E-state index in [0.29, 0.717) is 0 Å². The number of halogens is 6. The Hall–Kier alpha value is 0.749. The van der Waals surface area contributed by atoms with Crippen LogP contribution < -0.4 is 0 Å². The molecule has 18 atom stereocenters. The summed E-state index contributed by atoms with van der Waals surface area (Å²) < 4.78 is 0. The molecule has 0 heterocycles. The minimum atomic E-state index is -0.826. The SMILES string of the molecule is C.C.C.C=CCC1CCC(CCC2C3C=CC=CC3C3C=CC=CC32)C1.C=CCCC1CCC(CCC2C3C=CC=CC3C3C=CC=CC32)C1.CCCCC1CCC(CCC2C3C=CC=CC3C3C=CC=CC32)C1.[CH3-].[CH3-].[CH3-].[CH3-].[CH3-].[CH3-].[Cl][Zr+2][Cl].[Cl][Zr+2][Cl].[Cl][Zr+2][Cl]. The molecule has 0 aromatic heterocycles. The van der Waals surface area contributed by atoms with E-state index in [9.17, 15) is 0 Å². The molecule has 0 aromatic rings. The van der Waals surface area contributed by atoms with E-state index in [1.54, 1.807) is 0 Å². The molecule has 6 fully saturated rings. The van der Waals surface area contributed by atoms with Crippen molar-refractivity contribution in [1.82, 2.24) is 0 Å². The third kappa shape index (κ3) is 27.5. The van der Waals surface area contributed by atoms with E-state index in [1.165, 1.54) is 135 Å². The zero-order valence-electron chi connectivity index (χ0n) is 54.2. The maximum atomic E-state index is 4.93. The van der Waals surface area contributed by atoms with Crippen molar-refractivity contribution in [3.63, 3.8) is 0 Å².